The third-order valence-electron chi connectivity index (χ3n) is 3.81. The van der Waals surface area contributed by atoms with Crippen LogP contribution in [0.1, 0.15) is 16.8 Å². The number of hydrogen-bond acceptors (Lipinski definition) is 6. The topological polar surface area (TPSA) is 75.4 Å². The zero-order chi connectivity index (χ0) is 16.2. The molecule has 1 N–H and O–H groups in total. The van der Waals surface area contributed by atoms with Crippen LogP contribution in [0.15, 0.2) is 82.9 Å². The van der Waals surface area contributed by atoms with E-state index in [0.29, 0.717) is 5.69 Å². The fourth-order valence-corrected chi connectivity index (χ4v) is 2.66. The molecule has 0 saturated heterocycles. The van der Waals surface area contributed by atoms with Gasteiger partial charge in [-0.1, -0.05) is 60.7 Å². The SMILES string of the molecule is C1=NC(c2ccccc2)(c2ccnnn2)N=C(c2ccccc2)N1. The lowest BCUT2D eigenvalue weighted by atomic mass is 9.96. The zero-order valence-corrected chi connectivity index (χ0v) is 12.7. The highest BCUT2D eigenvalue weighted by Crippen LogP contribution is 2.35. The van der Waals surface area contributed by atoms with E-state index in [9.17, 15) is 0 Å². The van der Waals surface area contributed by atoms with E-state index in [-0.39, 0.29) is 0 Å². The van der Waals surface area contributed by atoms with E-state index in [1.165, 1.54) is 0 Å². The van der Waals surface area contributed by atoms with Gasteiger partial charge in [-0.3, -0.25) is 0 Å². The molecule has 0 amide bonds. The summed E-state index contributed by atoms with van der Waals surface area (Å²) < 4.78 is 0. The number of aromatic nitrogens is 3. The molecule has 1 unspecified atom stereocenters. The Morgan fingerprint density at radius 1 is 0.833 bits per heavy atom. The molecule has 0 saturated carbocycles. The lowest BCUT2D eigenvalue weighted by Crippen LogP contribution is -2.37. The molecule has 6 nitrogen and oxygen atoms in total. The molecule has 2 aromatic carbocycles. The summed E-state index contributed by atoms with van der Waals surface area (Å²) in [5.41, 5.74) is 1.53. The van der Waals surface area contributed by atoms with Gasteiger partial charge in [-0.2, -0.15) is 0 Å². The molecular weight excluding hydrogens is 300 g/mol. The average molecular weight is 314 g/mol. The predicted molar refractivity (Wildman–Crippen MR) is 91.7 cm³/mol. The number of nitrogens with one attached hydrogen (secondary N) is 1. The molecule has 1 aromatic heterocycles. The summed E-state index contributed by atoms with van der Waals surface area (Å²) in [6.07, 6.45) is 3.26. The number of aliphatic imine (C=N–C) groups is 2. The highest BCUT2D eigenvalue weighted by Gasteiger charge is 2.37. The maximum atomic E-state index is 4.90. The fraction of sp³-hybridized carbons (Fsp3) is 0.0556. The average Bonchev–Trinajstić information content (AvgIpc) is 2.70. The maximum absolute atomic E-state index is 4.90. The van der Waals surface area contributed by atoms with Gasteiger partial charge >= 0.3 is 0 Å². The second kappa shape index (κ2) is 6.00. The monoisotopic (exact) mass is 314 g/mol. The molecule has 24 heavy (non-hydrogen) atoms. The lowest BCUT2D eigenvalue weighted by Gasteiger charge is -2.29. The quantitative estimate of drug-likeness (QED) is 0.804. The summed E-state index contributed by atoms with van der Waals surface area (Å²) in [6.45, 7) is 0. The molecule has 2 heterocycles. The normalized spacial score (nSPS) is 19.4. The summed E-state index contributed by atoms with van der Waals surface area (Å²) in [5.74, 6) is 0.730. The number of nitrogens with zero attached hydrogens (tertiary/aromatic N) is 5. The van der Waals surface area contributed by atoms with Crippen LogP contribution in [0.2, 0.25) is 0 Å². The largest absolute Gasteiger partial charge is 0.331 e. The highest BCUT2D eigenvalue weighted by atomic mass is 15.3. The molecule has 0 bridgehead atoms. The smallest absolute Gasteiger partial charge is 0.223 e. The van der Waals surface area contributed by atoms with Gasteiger partial charge in [0.05, 0.1) is 12.5 Å². The van der Waals surface area contributed by atoms with E-state index >= 15 is 0 Å². The number of amidine groups is 1. The zero-order valence-electron chi connectivity index (χ0n) is 12.7. The Kier molecular flexibility index (Phi) is 3.55. The van der Waals surface area contributed by atoms with E-state index in [1.807, 2.05) is 60.7 Å². The summed E-state index contributed by atoms with van der Waals surface area (Å²) >= 11 is 0. The van der Waals surface area contributed by atoms with Crippen molar-refractivity contribution in [3.8, 4) is 0 Å². The lowest BCUT2D eigenvalue weighted by molar-refractivity contribution is 0.533. The van der Waals surface area contributed by atoms with Crippen molar-refractivity contribution in [2.45, 2.75) is 5.66 Å². The molecule has 4 rings (SSSR count). The van der Waals surface area contributed by atoms with E-state index in [4.69, 9.17) is 4.99 Å². The van der Waals surface area contributed by atoms with E-state index < -0.39 is 5.66 Å². The van der Waals surface area contributed by atoms with Gasteiger partial charge in [0.1, 0.15) is 11.5 Å². The third-order valence-corrected chi connectivity index (χ3v) is 3.81. The highest BCUT2D eigenvalue weighted by molar-refractivity contribution is 6.05. The van der Waals surface area contributed by atoms with Crippen molar-refractivity contribution in [2.75, 3.05) is 0 Å². The van der Waals surface area contributed by atoms with Gasteiger partial charge in [0.2, 0.25) is 5.66 Å². The summed E-state index contributed by atoms with van der Waals surface area (Å²) in [7, 11) is 0. The van der Waals surface area contributed by atoms with Crippen molar-refractivity contribution in [1.29, 1.82) is 0 Å². The van der Waals surface area contributed by atoms with Gasteiger partial charge in [-0.25, -0.2) is 9.98 Å². The van der Waals surface area contributed by atoms with Crippen molar-refractivity contribution < 1.29 is 0 Å². The first-order valence-electron chi connectivity index (χ1n) is 7.54. The molecule has 0 radical (unpaired) electrons. The van der Waals surface area contributed by atoms with Crippen molar-refractivity contribution in [3.05, 3.63) is 89.7 Å². The summed E-state index contributed by atoms with van der Waals surface area (Å²) in [4.78, 5) is 9.52. The second-order valence-electron chi connectivity index (χ2n) is 5.27. The van der Waals surface area contributed by atoms with Crippen molar-refractivity contribution in [3.63, 3.8) is 0 Å². The van der Waals surface area contributed by atoms with Gasteiger partial charge in [-0.15, -0.1) is 10.2 Å². The Hall–Kier alpha value is -3.41. The molecule has 0 aliphatic carbocycles. The van der Waals surface area contributed by atoms with Crippen LogP contribution in [-0.4, -0.2) is 27.6 Å². The number of hydrogen-bond donors (Lipinski definition) is 1. The van der Waals surface area contributed by atoms with E-state index in [1.54, 1.807) is 18.6 Å². The van der Waals surface area contributed by atoms with Crippen LogP contribution in [0.4, 0.5) is 0 Å². The first-order chi connectivity index (χ1) is 11.9. The molecule has 1 aliphatic heterocycles. The van der Waals surface area contributed by atoms with Gasteiger partial charge in [0.25, 0.3) is 0 Å². The van der Waals surface area contributed by atoms with Crippen LogP contribution in [0.3, 0.4) is 0 Å². The Labute approximate surface area is 139 Å². The van der Waals surface area contributed by atoms with Crippen molar-refractivity contribution >= 4 is 12.2 Å². The van der Waals surface area contributed by atoms with Crippen LogP contribution in [-0.2, 0) is 5.66 Å². The van der Waals surface area contributed by atoms with Crippen molar-refractivity contribution in [1.82, 2.24) is 20.7 Å². The van der Waals surface area contributed by atoms with Gasteiger partial charge in [0.15, 0.2) is 0 Å². The minimum absolute atomic E-state index is 0.620. The van der Waals surface area contributed by atoms with E-state index in [2.05, 4.69) is 25.7 Å². The third kappa shape index (κ3) is 2.44. The Morgan fingerprint density at radius 2 is 1.58 bits per heavy atom. The standard InChI is InChI=1S/C18H14N6/c1-3-7-14(8-4-1)17-19-13-20-18(22-17,15-9-5-2-6-10-15)16-11-12-21-24-23-16/h1-13H,(H,19,20,22). The van der Waals surface area contributed by atoms with Crippen LogP contribution in [0.5, 0.6) is 0 Å². The maximum Gasteiger partial charge on any atom is 0.223 e. The first kappa shape index (κ1) is 14.2. The molecule has 1 aliphatic rings. The van der Waals surface area contributed by atoms with Crippen LogP contribution in [0.25, 0.3) is 0 Å². The summed E-state index contributed by atoms with van der Waals surface area (Å²) in [5, 5.41) is 14.8. The van der Waals surface area contributed by atoms with Crippen LogP contribution in [0, 0.1) is 0 Å². The molecule has 116 valence electrons. The molecule has 3 aromatic rings. The van der Waals surface area contributed by atoms with Gasteiger partial charge < -0.3 is 5.32 Å². The number of benzene rings is 2. The Balaban J connectivity index is 1.92. The second-order valence-corrected chi connectivity index (χ2v) is 5.27. The molecular formula is C18H14N6. The Morgan fingerprint density at radius 3 is 2.29 bits per heavy atom. The molecule has 0 spiro atoms. The van der Waals surface area contributed by atoms with Gasteiger partial charge in [-0.05, 0) is 11.3 Å². The summed E-state index contributed by atoms with van der Waals surface area (Å²) in [6, 6.07) is 21.5. The fourth-order valence-electron chi connectivity index (χ4n) is 2.66. The molecule has 1 atom stereocenters. The van der Waals surface area contributed by atoms with Crippen molar-refractivity contribution in [2.24, 2.45) is 9.98 Å². The first-order valence-corrected chi connectivity index (χ1v) is 7.54. The Bertz CT molecular complexity index is 836. The van der Waals surface area contributed by atoms with E-state index in [0.717, 1.165) is 17.0 Å². The predicted octanol–water partition coefficient (Wildman–Crippen LogP) is 2.15. The minimum Gasteiger partial charge on any atom is -0.331 e. The van der Waals surface area contributed by atoms with Crippen LogP contribution < -0.4 is 5.32 Å². The molecule has 0 fully saturated rings. The van der Waals surface area contributed by atoms with Gasteiger partial charge in [0, 0.05) is 11.1 Å². The van der Waals surface area contributed by atoms with Crippen LogP contribution >= 0.6 is 0 Å². The minimum atomic E-state index is -0.979. The number of rotatable bonds is 3. The molecule has 6 heteroatoms.